The Kier molecular flexibility index (Phi) is 9.11. The number of hydrogen-bond donors (Lipinski definition) is 0. The van der Waals surface area contributed by atoms with Gasteiger partial charge in [-0.15, -0.1) is 11.5 Å². The topological polar surface area (TPSA) is 46.1 Å². The van der Waals surface area contributed by atoms with E-state index >= 15 is 0 Å². The van der Waals surface area contributed by atoms with E-state index in [1.807, 2.05) is 0 Å². The zero-order valence-electron chi connectivity index (χ0n) is 9.44. The fourth-order valence-corrected chi connectivity index (χ4v) is 1.29. The van der Waals surface area contributed by atoms with Crippen LogP contribution >= 0.6 is 0 Å². The van der Waals surface area contributed by atoms with Crippen LogP contribution < -0.4 is 113 Å². The van der Waals surface area contributed by atoms with Crippen LogP contribution in [0.2, 0.25) is 0 Å². The maximum absolute atomic E-state index is 10.9. The minimum absolute atomic E-state index is 0. The molecule has 0 N–H and O–H groups in total. The van der Waals surface area contributed by atoms with Crippen LogP contribution in [0.1, 0.15) is 0 Å². The van der Waals surface area contributed by atoms with Gasteiger partial charge in [0.2, 0.25) is 0 Å². The second-order valence-electron chi connectivity index (χ2n) is 3.05. The van der Waals surface area contributed by atoms with E-state index in [9.17, 15) is 10.2 Å². The van der Waals surface area contributed by atoms with Crippen molar-refractivity contribution in [3.63, 3.8) is 0 Å². The second-order valence-corrected chi connectivity index (χ2v) is 3.05. The van der Waals surface area contributed by atoms with Crippen LogP contribution in [0.15, 0.2) is 48.5 Å². The molecular formula is C12H8K2O2. The van der Waals surface area contributed by atoms with E-state index in [2.05, 4.69) is 0 Å². The molecule has 0 saturated carbocycles. The molecule has 2 rings (SSSR count). The first-order valence-electron chi connectivity index (χ1n) is 4.30. The average Bonchev–Trinajstić information content (AvgIpc) is 2.21. The van der Waals surface area contributed by atoms with Crippen molar-refractivity contribution in [2.45, 2.75) is 0 Å². The summed E-state index contributed by atoms with van der Waals surface area (Å²) in [5.41, 5.74) is 1.90. The summed E-state index contributed by atoms with van der Waals surface area (Å²) in [6, 6.07) is 13.1. The van der Waals surface area contributed by atoms with Crippen LogP contribution in [0.25, 0.3) is 11.1 Å². The quantitative estimate of drug-likeness (QED) is 0.487. The van der Waals surface area contributed by atoms with E-state index in [0.29, 0.717) is 0 Å². The van der Waals surface area contributed by atoms with Crippen molar-refractivity contribution in [1.82, 2.24) is 0 Å². The van der Waals surface area contributed by atoms with Gasteiger partial charge in [-0.1, -0.05) is 48.5 Å². The summed E-state index contributed by atoms with van der Waals surface area (Å²) in [6.07, 6.45) is 0. The Bertz CT molecular complexity index is 380. The summed E-state index contributed by atoms with van der Waals surface area (Å²) in [4.78, 5) is 0. The molecule has 0 radical (unpaired) electrons. The zero-order chi connectivity index (χ0) is 9.97. The molecule has 0 spiro atoms. The molecule has 0 aromatic heterocycles. The molecule has 0 fully saturated rings. The summed E-state index contributed by atoms with van der Waals surface area (Å²) < 4.78 is 0. The molecule has 0 heterocycles. The first kappa shape index (κ1) is 17.3. The summed E-state index contributed by atoms with van der Waals surface area (Å²) >= 11 is 0. The Balaban J connectivity index is 0.00000112. The van der Waals surface area contributed by atoms with Gasteiger partial charge in [0.05, 0.1) is 0 Å². The van der Waals surface area contributed by atoms with Crippen molar-refractivity contribution in [3.05, 3.63) is 48.5 Å². The van der Waals surface area contributed by atoms with Gasteiger partial charge in [0.25, 0.3) is 0 Å². The smallest absolute Gasteiger partial charge is 0.872 e. The standard InChI is InChI=1S/C12H10O2.2K/c13-11-5-1-9(2-6-11)10-3-7-12(14)8-4-10;;/h1-8,13-14H;;/q;2*+1/p-2. The maximum Gasteiger partial charge on any atom is 1.00 e. The summed E-state index contributed by atoms with van der Waals surface area (Å²) in [5, 5.41) is 21.7. The van der Waals surface area contributed by atoms with Crippen molar-refractivity contribution in [1.29, 1.82) is 0 Å². The molecule has 0 bridgehead atoms. The molecule has 0 aliphatic heterocycles. The predicted molar refractivity (Wildman–Crippen MR) is 50.8 cm³/mol. The average molecular weight is 262 g/mol. The van der Waals surface area contributed by atoms with E-state index in [4.69, 9.17) is 0 Å². The minimum Gasteiger partial charge on any atom is -0.872 e. The fraction of sp³-hybridized carbons (Fsp3) is 0. The van der Waals surface area contributed by atoms with Crippen molar-refractivity contribution in [3.8, 4) is 22.6 Å². The van der Waals surface area contributed by atoms with Crippen LogP contribution in [0.3, 0.4) is 0 Å². The van der Waals surface area contributed by atoms with E-state index in [1.54, 1.807) is 24.3 Å². The summed E-state index contributed by atoms with van der Waals surface area (Å²) in [6.45, 7) is 0. The van der Waals surface area contributed by atoms with Crippen molar-refractivity contribution >= 4 is 0 Å². The molecule has 0 aliphatic carbocycles. The SMILES string of the molecule is [K+].[K+].[O-]c1ccc(-c2ccc([O-])cc2)cc1. The molecule has 0 saturated heterocycles. The van der Waals surface area contributed by atoms with Crippen LogP contribution in [-0.4, -0.2) is 0 Å². The van der Waals surface area contributed by atoms with Crippen molar-refractivity contribution < 1.29 is 113 Å². The van der Waals surface area contributed by atoms with Gasteiger partial charge in [-0.2, -0.15) is 0 Å². The van der Waals surface area contributed by atoms with Gasteiger partial charge in [0.15, 0.2) is 0 Å². The van der Waals surface area contributed by atoms with Crippen LogP contribution in [0, 0.1) is 0 Å². The molecule has 16 heavy (non-hydrogen) atoms. The van der Waals surface area contributed by atoms with Gasteiger partial charge in [-0.25, -0.2) is 0 Å². The number of hydrogen-bond acceptors (Lipinski definition) is 2. The monoisotopic (exact) mass is 262 g/mol. The van der Waals surface area contributed by atoms with Gasteiger partial charge in [-0.3, -0.25) is 0 Å². The molecule has 2 aromatic carbocycles. The van der Waals surface area contributed by atoms with E-state index in [-0.39, 0.29) is 114 Å². The third kappa shape index (κ3) is 4.90. The summed E-state index contributed by atoms with van der Waals surface area (Å²) in [7, 11) is 0. The molecule has 2 nitrogen and oxygen atoms in total. The Morgan fingerprint density at radius 2 is 0.750 bits per heavy atom. The largest absolute Gasteiger partial charge is 1.00 e. The van der Waals surface area contributed by atoms with Crippen molar-refractivity contribution in [2.75, 3.05) is 0 Å². The second kappa shape index (κ2) is 8.42. The minimum atomic E-state index is -0.00537. The Morgan fingerprint density at radius 3 is 1.00 bits per heavy atom. The van der Waals surface area contributed by atoms with Crippen LogP contribution in [0.5, 0.6) is 11.5 Å². The van der Waals surface area contributed by atoms with E-state index < -0.39 is 0 Å². The Morgan fingerprint density at radius 1 is 0.500 bits per heavy atom. The van der Waals surface area contributed by atoms with Crippen molar-refractivity contribution in [2.24, 2.45) is 0 Å². The Labute approximate surface area is 180 Å². The third-order valence-electron chi connectivity index (χ3n) is 2.04. The molecule has 0 aliphatic rings. The summed E-state index contributed by atoms with van der Waals surface area (Å²) in [5.74, 6) is -0.0107. The molecule has 4 heteroatoms. The van der Waals surface area contributed by atoms with Gasteiger partial charge >= 0.3 is 103 Å². The molecule has 70 valence electrons. The number of rotatable bonds is 1. The first-order valence-corrected chi connectivity index (χ1v) is 4.30. The Hall–Kier alpha value is 1.31. The van der Waals surface area contributed by atoms with E-state index in [0.717, 1.165) is 11.1 Å². The molecule has 0 atom stereocenters. The van der Waals surface area contributed by atoms with Gasteiger partial charge in [-0.05, 0) is 11.1 Å². The fourth-order valence-electron chi connectivity index (χ4n) is 1.29. The van der Waals surface area contributed by atoms with Crippen LogP contribution in [-0.2, 0) is 0 Å². The molecular weight excluding hydrogens is 254 g/mol. The molecule has 2 aromatic rings. The maximum atomic E-state index is 10.9. The van der Waals surface area contributed by atoms with Gasteiger partial charge in [0, 0.05) is 0 Å². The normalized spacial score (nSPS) is 8.75. The molecule has 0 unspecified atom stereocenters. The van der Waals surface area contributed by atoms with Crippen LogP contribution in [0.4, 0.5) is 0 Å². The third-order valence-corrected chi connectivity index (χ3v) is 2.04. The number of benzene rings is 2. The molecule has 0 amide bonds. The zero-order valence-corrected chi connectivity index (χ0v) is 15.7. The van der Waals surface area contributed by atoms with E-state index in [1.165, 1.54) is 24.3 Å². The predicted octanol–water partition coefficient (Wildman–Crippen LogP) is -4.49. The first-order chi connectivity index (χ1) is 6.75. The van der Waals surface area contributed by atoms with Gasteiger partial charge in [0.1, 0.15) is 0 Å². The van der Waals surface area contributed by atoms with Gasteiger partial charge < -0.3 is 10.2 Å².